The number of hydrogen-bond donors (Lipinski definition) is 1. The van der Waals surface area contributed by atoms with E-state index in [9.17, 15) is 10.1 Å². The highest BCUT2D eigenvalue weighted by Crippen LogP contribution is 2.28. The van der Waals surface area contributed by atoms with Crippen molar-refractivity contribution in [2.24, 2.45) is 0 Å². The molecule has 0 fully saturated rings. The highest BCUT2D eigenvalue weighted by molar-refractivity contribution is 6.42. The lowest BCUT2D eigenvalue weighted by molar-refractivity contribution is -0.483. The van der Waals surface area contributed by atoms with Crippen LogP contribution in [-0.2, 0) is 0 Å². The second-order valence-electron chi connectivity index (χ2n) is 3.40. The van der Waals surface area contributed by atoms with Gasteiger partial charge in [0, 0.05) is 11.5 Å². The standard InChI is InChI=1S/C10H11Cl2NO3/c11-9-2-1-7(5-10(9)12)8(3-4-14)6-13(15)16/h1-2,5,8,14H,3-4,6H2. The maximum atomic E-state index is 10.5. The van der Waals surface area contributed by atoms with Crippen LogP contribution in [0.15, 0.2) is 18.2 Å². The first-order valence-corrected chi connectivity index (χ1v) is 5.47. The van der Waals surface area contributed by atoms with Gasteiger partial charge in [-0.3, -0.25) is 10.1 Å². The molecule has 0 radical (unpaired) electrons. The van der Waals surface area contributed by atoms with Crippen molar-refractivity contribution in [1.29, 1.82) is 0 Å². The summed E-state index contributed by atoms with van der Waals surface area (Å²) in [5.41, 5.74) is 0.722. The summed E-state index contributed by atoms with van der Waals surface area (Å²) in [5.74, 6) is -0.338. The van der Waals surface area contributed by atoms with Crippen LogP contribution in [0.5, 0.6) is 0 Å². The number of rotatable bonds is 5. The molecule has 6 heteroatoms. The molecule has 0 saturated carbocycles. The van der Waals surface area contributed by atoms with E-state index in [1.54, 1.807) is 18.2 Å². The molecule has 0 aliphatic carbocycles. The fourth-order valence-electron chi connectivity index (χ4n) is 1.47. The molecule has 88 valence electrons. The van der Waals surface area contributed by atoms with Gasteiger partial charge in [0.1, 0.15) is 0 Å². The van der Waals surface area contributed by atoms with Crippen LogP contribution in [0.3, 0.4) is 0 Å². The number of nitrogens with zero attached hydrogens (tertiary/aromatic N) is 1. The number of nitro groups is 1. The van der Waals surface area contributed by atoms with Crippen molar-refractivity contribution >= 4 is 23.2 Å². The molecule has 0 heterocycles. The van der Waals surface area contributed by atoms with E-state index in [0.29, 0.717) is 16.5 Å². The van der Waals surface area contributed by atoms with Gasteiger partial charge in [-0.05, 0) is 24.1 Å². The summed E-state index contributed by atoms with van der Waals surface area (Å²) >= 11 is 11.6. The summed E-state index contributed by atoms with van der Waals surface area (Å²) in [4.78, 5) is 10.1. The number of halogens is 2. The van der Waals surface area contributed by atoms with E-state index < -0.39 is 4.92 Å². The van der Waals surface area contributed by atoms with Crippen LogP contribution in [0.25, 0.3) is 0 Å². The van der Waals surface area contributed by atoms with Gasteiger partial charge in [-0.1, -0.05) is 29.3 Å². The quantitative estimate of drug-likeness (QED) is 0.657. The first kappa shape index (κ1) is 13.2. The largest absolute Gasteiger partial charge is 0.396 e. The van der Waals surface area contributed by atoms with Crippen molar-refractivity contribution in [3.63, 3.8) is 0 Å². The third-order valence-corrected chi connectivity index (χ3v) is 3.00. The summed E-state index contributed by atoms with van der Waals surface area (Å²) in [6.07, 6.45) is 0.332. The molecule has 1 aromatic rings. The second kappa shape index (κ2) is 6.03. The molecule has 0 aliphatic heterocycles. The van der Waals surface area contributed by atoms with Gasteiger partial charge in [-0.15, -0.1) is 0 Å². The Kier molecular flexibility index (Phi) is 4.99. The van der Waals surface area contributed by atoms with Gasteiger partial charge in [0.2, 0.25) is 6.54 Å². The van der Waals surface area contributed by atoms with Crippen molar-refractivity contribution in [2.45, 2.75) is 12.3 Å². The topological polar surface area (TPSA) is 63.4 Å². The Hall–Kier alpha value is -0.840. The van der Waals surface area contributed by atoms with Crippen molar-refractivity contribution in [3.8, 4) is 0 Å². The molecular weight excluding hydrogens is 253 g/mol. The second-order valence-corrected chi connectivity index (χ2v) is 4.21. The number of benzene rings is 1. The molecule has 4 nitrogen and oxygen atoms in total. The summed E-state index contributed by atoms with van der Waals surface area (Å²) in [6, 6.07) is 4.90. The Labute approximate surface area is 103 Å². The smallest absolute Gasteiger partial charge is 0.210 e. The van der Waals surface area contributed by atoms with Crippen LogP contribution in [-0.4, -0.2) is 23.2 Å². The van der Waals surface area contributed by atoms with E-state index >= 15 is 0 Å². The van der Waals surface area contributed by atoms with Gasteiger partial charge >= 0.3 is 0 Å². The van der Waals surface area contributed by atoms with Gasteiger partial charge in [-0.2, -0.15) is 0 Å². The van der Waals surface area contributed by atoms with E-state index in [0.717, 1.165) is 5.56 Å². The van der Waals surface area contributed by atoms with Crippen molar-refractivity contribution in [3.05, 3.63) is 43.9 Å². The summed E-state index contributed by atoms with van der Waals surface area (Å²) < 4.78 is 0. The number of aliphatic hydroxyl groups excluding tert-OH is 1. The molecule has 0 spiro atoms. The molecule has 1 aromatic carbocycles. The first-order chi connectivity index (χ1) is 7.54. The van der Waals surface area contributed by atoms with Crippen LogP contribution >= 0.6 is 23.2 Å². The van der Waals surface area contributed by atoms with Gasteiger partial charge in [-0.25, -0.2) is 0 Å². The highest BCUT2D eigenvalue weighted by Gasteiger charge is 2.18. The maximum absolute atomic E-state index is 10.5. The lowest BCUT2D eigenvalue weighted by Gasteiger charge is -2.12. The Morgan fingerprint density at radius 1 is 1.38 bits per heavy atom. The molecule has 0 amide bonds. The Morgan fingerprint density at radius 2 is 2.06 bits per heavy atom. The molecule has 1 rings (SSSR count). The van der Waals surface area contributed by atoms with E-state index in [2.05, 4.69) is 0 Å². The van der Waals surface area contributed by atoms with Crippen molar-refractivity contribution in [2.75, 3.05) is 13.2 Å². The lowest BCUT2D eigenvalue weighted by Crippen LogP contribution is -2.14. The molecule has 0 aliphatic rings. The van der Waals surface area contributed by atoms with E-state index in [-0.39, 0.29) is 19.1 Å². The predicted molar refractivity (Wildman–Crippen MR) is 62.8 cm³/mol. The summed E-state index contributed by atoms with van der Waals surface area (Å²) in [7, 11) is 0. The van der Waals surface area contributed by atoms with Gasteiger partial charge in [0.25, 0.3) is 0 Å². The molecule has 0 aromatic heterocycles. The predicted octanol–water partition coefficient (Wildman–Crippen LogP) is 2.74. The molecule has 1 unspecified atom stereocenters. The van der Waals surface area contributed by atoms with E-state index in [4.69, 9.17) is 28.3 Å². The maximum Gasteiger partial charge on any atom is 0.210 e. The fourth-order valence-corrected chi connectivity index (χ4v) is 1.77. The average molecular weight is 264 g/mol. The minimum atomic E-state index is -0.400. The summed E-state index contributed by atoms with van der Waals surface area (Å²) in [5, 5.41) is 20.1. The Bertz CT molecular complexity index is 384. The zero-order valence-electron chi connectivity index (χ0n) is 8.40. The zero-order chi connectivity index (χ0) is 12.1. The monoisotopic (exact) mass is 263 g/mol. The minimum Gasteiger partial charge on any atom is -0.396 e. The molecule has 16 heavy (non-hydrogen) atoms. The van der Waals surface area contributed by atoms with Crippen LogP contribution in [0, 0.1) is 10.1 Å². The zero-order valence-corrected chi connectivity index (χ0v) is 9.91. The van der Waals surface area contributed by atoms with Crippen molar-refractivity contribution < 1.29 is 10.0 Å². The summed E-state index contributed by atoms with van der Waals surface area (Å²) in [6.45, 7) is -0.322. The SMILES string of the molecule is O=[N+]([O-])CC(CCO)c1ccc(Cl)c(Cl)c1. The van der Waals surface area contributed by atoms with Crippen LogP contribution < -0.4 is 0 Å². The third kappa shape index (κ3) is 3.63. The average Bonchev–Trinajstić information content (AvgIpc) is 2.21. The molecular formula is C10H11Cl2NO3. The van der Waals surface area contributed by atoms with Crippen LogP contribution in [0.2, 0.25) is 10.0 Å². The number of aliphatic hydroxyl groups is 1. The normalized spacial score (nSPS) is 12.4. The highest BCUT2D eigenvalue weighted by atomic mass is 35.5. The first-order valence-electron chi connectivity index (χ1n) is 4.72. The van der Waals surface area contributed by atoms with E-state index in [1.165, 1.54) is 0 Å². The molecule has 1 N–H and O–H groups in total. The van der Waals surface area contributed by atoms with Crippen molar-refractivity contribution in [1.82, 2.24) is 0 Å². The molecule has 0 saturated heterocycles. The Morgan fingerprint density at radius 3 is 2.56 bits per heavy atom. The Balaban J connectivity index is 2.91. The lowest BCUT2D eigenvalue weighted by atomic mass is 9.96. The van der Waals surface area contributed by atoms with Gasteiger partial charge in [0.05, 0.1) is 16.0 Å². The fraction of sp³-hybridized carbons (Fsp3) is 0.400. The molecule has 0 bridgehead atoms. The van der Waals surface area contributed by atoms with Crippen LogP contribution in [0.4, 0.5) is 0 Å². The van der Waals surface area contributed by atoms with E-state index in [1.807, 2.05) is 0 Å². The van der Waals surface area contributed by atoms with Crippen LogP contribution in [0.1, 0.15) is 17.9 Å². The minimum absolute atomic E-state index is 0.0985. The third-order valence-electron chi connectivity index (χ3n) is 2.26. The van der Waals surface area contributed by atoms with Gasteiger partial charge in [0.15, 0.2) is 0 Å². The van der Waals surface area contributed by atoms with Gasteiger partial charge < -0.3 is 5.11 Å². The number of hydrogen-bond acceptors (Lipinski definition) is 3. The molecule has 1 atom stereocenters.